The molecule has 0 spiro atoms. The normalized spacial score (nSPS) is 14.5. The Bertz CT molecular complexity index is 1050. The van der Waals surface area contributed by atoms with E-state index in [-0.39, 0.29) is 5.91 Å². The molecule has 0 radical (unpaired) electrons. The molecule has 1 aliphatic rings. The molecule has 0 saturated carbocycles. The summed E-state index contributed by atoms with van der Waals surface area (Å²) in [4.78, 5) is 21.9. The Hall–Kier alpha value is -2.60. The first-order chi connectivity index (χ1) is 14.0. The van der Waals surface area contributed by atoms with E-state index in [1.54, 1.807) is 18.4 Å². The fourth-order valence-electron chi connectivity index (χ4n) is 3.75. The maximum absolute atomic E-state index is 12.8. The molecule has 6 heteroatoms. The molecule has 0 unspecified atom stereocenters. The highest BCUT2D eigenvalue weighted by atomic mass is 32.1. The minimum Gasteiger partial charge on any atom is -0.494 e. The van der Waals surface area contributed by atoms with Crippen LogP contribution in [-0.4, -0.2) is 49.1 Å². The number of anilines is 1. The summed E-state index contributed by atoms with van der Waals surface area (Å²) in [6.45, 7) is 9.37. The van der Waals surface area contributed by atoms with Crippen LogP contribution in [0.4, 0.5) is 5.13 Å². The third kappa shape index (κ3) is 3.94. The van der Waals surface area contributed by atoms with E-state index in [0.717, 1.165) is 48.1 Å². The van der Waals surface area contributed by atoms with Crippen LogP contribution < -0.4 is 9.64 Å². The number of ether oxygens (including phenoxy) is 1. The number of thiazole rings is 1. The van der Waals surface area contributed by atoms with E-state index < -0.39 is 0 Å². The molecule has 0 atom stereocenters. The molecule has 1 fully saturated rings. The largest absolute Gasteiger partial charge is 0.494 e. The number of hydrogen-bond donors (Lipinski definition) is 0. The van der Waals surface area contributed by atoms with E-state index in [9.17, 15) is 4.79 Å². The summed E-state index contributed by atoms with van der Waals surface area (Å²) in [5.41, 5.74) is 5.74. The minimum absolute atomic E-state index is 0.203. The fourth-order valence-corrected chi connectivity index (χ4v) is 4.85. The number of fused-ring (bicyclic) bond motifs is 1. The standard InChI is InChI=1S/C23H27N3O2S/c1-15-5-7-18(13-17(15)3)14-20(27)25-9-11-26(12-10-25)23-24-21-19(28-4)8-6-16(2)22(21)29-23/h5-8,13H,9-12,14H2,1-4H3. The van der Waals surface area contributed by atoms with E-state index in [0.29, 0.717) is 6.42 Å². The number of amides is 1. The number of nitrogens with zero attached hydrogens (tertiary/aromatic N) is 3. The quantitative estimate of drug-likeness (QED) is 0.650. The van der Waals surface area contributed by atoms with Gasteiger partial charge in [-0.15, -0.1) is 0 Å². The Balaban J connectivity index is 1.42. The van der Waals surface area contributed by atoms with Crippen molar-refractivity contribution in [1.29, 1.82) is 0 Å². The maximum Gasteiger partial charge on any atom is 0.227 e. The van der Waals surface area contributed by atoms with Crippen LogP contribution in [0.5, 0.6) is 5.75 Å². The number of aromatic nitrogens is 1. The molecule has 4 rings (SSSR count). The smallest absolute Gasteiger partial charge is 0.227 e. The van der Waals surface area contributed by atoms with Crippen molar-refractivity contribution in [3.05, 3.63) is 52.6 Å². The third-order valence-electron chi connectivity index (χ3n) is 5.74. The van der Waals surface area contributed by atoms with Gasteiger partial charge in [0, 0.05) is 26.2 Å². The highest BCUT2D eigenvalue weighted by Crippen LogP contribution is 2.36. The lowest BCUT2D eigenvalue weighted by Gasteiger charge is -2.34. The van der Waals surface area contributed by atoms with Crippen LogP contribution in [0.25, 0.3) is 10.2 Å². The second-order valence-electron chi connectivity index (χ2n) is 7.72. The average Bonchev–Trinajstić information content (AvgIpc) is 3.18. The molecular weight excluding hydrogens is 382 g/mol. The highest BCUT2D eigenvalue weighted by molar-refractivity contribution is 7.22. The lowest BCUT2D eigenvalue weighted by Crippen LogP contribution is -2.49. The summed E-state index contributed by atoms with van der Waals surface area (Å²) < 4.78 is 6.65. The third-order valence-corrected chi connectivity index (χ3v) is 6.99. The monoisotopic (exact) mass is 409 g/mol. The van der Waals surface area contributed by atoms with Crippen molar-refractivity contribution < 1.29 is 9.53 Å². The second-order valence-corrected chi connectivity index (χ2v) is 8.70. The number of benzene rings is 2. The molecule has 1 aromatic heterocycles. The van der Waals surface area contributed by atoms with E-state index in [2.05, 4.69) is 49.9 Å². The molecule has 1 aliphatic heterocycles. The van der Waals surface area contributed by atoms with Crippen molar-refractivity contribution in [3.8, 4) is 5.75 Å². The number of carbonyl (C=O) groups excluding carboxylic acids is 1. The second kappa shape index (κ2) is 8.03. The van der Waals surface area contributed by atoms with Gasteiger partial charge in [-0.3, -0.25) is 4.79 Å². The first-order valence-corrected chi connectivity index (χ1v) is 10.8. The van der Waals surface area contributed by atoms with Gasteiger partial charge in [0.05, 0.1) is 18.2 Å². The van der Waals surface area contributed by atoms with Crippen molar-refractivity contribution in [2.45, 2.75) is 27.2 Å². The molecule has 1 amide bonds. The van der Waals surface area contributed by atoms with Gasteiger partial charge in [0.1, 0.15) is 11.3 Å². The van der Waals surface area contributed by atoms with E-state index in [4.69, 9.17) is 9.72 Å². The highest BCUT2D eigenvalue weighted by Gasteiger charge is 2.24. The predicted molar refractivity (Wildman–Crippen MR) is 119 cm³/mol. The molecule has 1 saturated heterocycles. The number of methoxy groups -OCH3 is 1. The molecule has 0 bridgehead atoms. The molecule has 5 nitrogen and oxygen atoms in total. The van der Waals surface area contributed by atoms with Gasteiger partial charge < -0.3 is 14.5 Å². The summed E-state index contributed by atoms with van der Waals surface area (Å²) in [5, 5.41) is 1.01. The lowest BCUT2D eigenvalue weighted by atomic mass is 10.0. The maximum atomic E-state index is 12.8. The SMILES string of the molecule is COc1ccc(C)c2sc(N3CCN(C(=O)Cc4ccc(C)c(C)c4)CC3)nc12. The lowest BCUT2D eigenvalue weighted by molar-refractivity contribution is -0.130. The van der Waals surface area contributed by atoms with Gasteiger partial charge >= 0.3 is 0 Å². The molecule has 29 heavy (non-hydrogen) atoms. The van der Waals surface area contributed by atoms with Crippen LogP contribution >= 0.6 is 11.3 Å². The van der Waals surface area contributed by atoms with E-state index in [1.165, 1.54) is 21.4 Å². The van der Waals surface area contributed by atoms with Crippen LogP contribution in [-0.2, 0) is 11.2 Å². The minimum atomic E-state index is 0.203. The van der Waals surface area contributed by atoms with Crippen LogP contribution in [0.3, 0.4) is 0 Å². The molecule has 2 aromatic carbocycles. The summed E-state index contributed by atoms with van der Waals surface area (Å²) in [6.07, 6.45) is 0.471. The van der Waals surface area contributed by atoms with Gasteiger partial charge in [-0.2, -0.15) is 0 Å². The molecular formula is C23H27N3O2S. The zero-order valence-electron chi connectivity index (χ0n) is 17.5. The Morgan fingerprint density at radius 3 is 2.45 bits per heavy atom. The summed E-state index contributed by atoms with van der Waals surface area (Å²) in [5.74, 6) is 1.02. The number of hydrogen-bond acceptors (Lipinski definition) is 5. The van der Waals surface area contributed by atoms with Crippen molar-refractivity contribution in [3.63, 3.8) is 0 Å². The Kier molecular flexibility index (Phi) is 5.46. The summed E-state index contributed by atoms with van der Waals surface area (Å²) in [7, 11) is 1.68. The Morgan fingerprint density at radius 1 is 1.03 bits per heavy atom. The van der Waals surface area contributed by atoms with Crippen LogP contribution in [0.2, 0.25) is 0 Å². The zero-order valence-corrected chi connectivity index (χ0v) is 18.3. The van der Waals surface area contributed by atoms with E-state index >= 15 is 0 Å². The van der Waals surface area contributed by atoms with Gasteiger partial charge in [0.2, 0.25) is 5.91 Å². The van der Waals surface area contributed by atoms with E-state index in [1.807, 2.05) is 11.0 Å². The first-order valence-electron chi connectivity index (χ1n) is 9.99. The zero-order chi connectivity index (χ0) is 20.5. The predicted octanol–water partition coefficient (Wildman–Crippen LogP) is 4.12. The van der Waals surface area contributed by atoms with Gasteiger partial charge in [-0.05, 0) is 49.1 Å². The summed E-state index contributed by atoms with van der Waals surface area (Å²) in [6, 6.07) is 10.3. The topological polar surface area (TPSA) is 45.7 Å². The van der Waals surface area contributed by atoms with Gasteiger partial charge in [0.25, 0.3) is 0 Å². The molecule has 3 aromatic rings. The van der Waals surface area contributed by atoms with Crippen LogP contribution in [0.15, 0.2) is 30.3 Å². The number of aryl methyl sites for hydroxylation is 3. The Labute approximate surface area is 175 Å². The first kappa shape index (κ1) is 19.7. The van der Waals surface area contributed by atoms with Crippen LogP contribution in [0, 0.1) is 20.8 Å². The molecule has 152 valence electrons. The van der Waals surface area contributed by atoms with Gasteiger partial charge in [-0.25, -0.2) is 4.98 Å². The summed E-state index contributed by atoms with van der Waals surface area (Å²) >= 11 is 1.71. The average molecular weight is 410 g/mol. The number of rotatable bonds is 4. The number of piperazine rings is 1. The van der Waals surface area contributed by atoms with Crippen molar-refractivity contribution >= 4 is 32.6 Å². The fraction of sp³-hybridized carbons (Fsp3) is 0.391. The molecule has 0 aliphatic carbocycles. The van der Waals surface area contributed by atoms with Crippen molar-refractivity contribution in [2.75, 3.05) is 38.2 Å². The number of carbonyl (C=O) groups is 1. The Morgan fingerprint density at radius 2 is 1.76 bits per heavy atom. The molecule has 0 N–H and O–H groups in total. The van der Waals surface area contributed by atoms with Gasteiger partial charge in [-0.1, -0.05) is 35.6 Å². The molecule has 2 heterocycles. The van der Waals surface area contributed by atoms with Gasteiger partial charge in [0.15, 0.2) is 5.13 Å². The van der Waals surface area contributed by atoms with Crippen molar-refractivity contribution in [2.24, 2.45) is 0 Å². The van der Waals surface area contributed by atoms with Crippen LogP contribution in [0.1, 0.15) is 22.3 Å². The van der Waals surface area contributed by atoms with Crippen molar-refractivity contribution in [1.82, 2.24) is 9.88 Å².